The molecule has 0 radical (unpaired) electrons. The van der Waals surface area contributed by atoms with Crippen molar-refractivity contribution < 1.29 is 14.3 Å². The summed E-state index contributed by atoms with van der Waals surface area (Å²) in [4.78, 5) is 17.8. The number of anilines is 1. The molecule has 0 fully saturated rings. The summed E-state index contributed by atoms with van der Waals surface area (Å²) in [7, 11) is 3.19. The number of amides is 2. The van der Waals surface area contributed by atoms with Crippen LogP contribution in [0.1, 0.15) is 5.56 Å². The van der Waals surface area contributed by atoms with Crippen molar-refractivity contribution in [1.82, 2.24) is 9.88 Å². The van der Waals surface area contributed by atoms with Gasteiger partial charge in [0.2, 0.25) is 0 Å². The van der Waals surface area contributed by atoms with E-state index in [2.05, 4.69) is 10.3 Å². The van der Waals surface area contributed by atoms with Gasteiger partial charge in [-0.25, -0.2) is 9.78 Å². The molecule has 0 aliphatic rings. The molecule has 0 spiro atoms. The van der Waals surface area contributed by atoms with E-state index in [1.54, 1.807) is 25.2 Å². The highest BCUT2D eigenvalue weighted by Gasteiger charge is 2.13. The van der Waals surface area contributed by atoms with Crippen LogP contribution in [0.4, 0.5) is 10.5 Å². The van der Waals surface area contributed by atoms with Gasteiger partial charge in [-0.15, -0.1) is 0 Å². The van der Waals surface area contributed by atoms with E-state index in [4.69, 9.17) is 21.1 Å². The second-order valence-corrected chi connectivity index (χ2v) is 4.59. The molecule has 1 aromatic heterocycles. The molecule has 2 amide bonds. The summed E-state index contributed by atoms with van der Waals surface area (Å²) in [6, 6.07) is 1.56. The number of carbonyl (C=O) groups is 1. The van der Waals surface area contributed by atoms with Crippen LogP contribution in [-0.2, 0) is 9.47 Å². The van der Waals surface area contributed by atoms with Crippen molar-refractivity contribution in [2.24, 2.45) is 0 Å². The third kappa shape index (κ3) is 5.32. The average molecular weight is 302 g/mol. The first-order chi connectivity index (χ1) is 9.58. The summed E-state index contributed by atoms with van der Waals surface area (Å²) >= 11 is 5.85. The zero-order valence-corrected chi connectivity index (χ0v) is 12.7. The van der Waals surface area contributed by atoms with Gasteiger partial charge in [-0.05, 0) is 18.6 Å². The van der Waals surface area contributed by atoms with Crippen LogP contribution in [0.2, 0.25) is 5.15 Å². The van der Waals surface area contributed by atoms with Crippen LogP contribution in [0.3, 0.4) is 0 Å². The van der Waals surface area contributed by atoms with Crippen LogP contribution in [0.25, 0.3) is 0 Å². The normalized spacial score (nSPS) is 10.4. The van der Waals surface area contributed by atoms with E-state index in [1.807, 2.05) is 6.92 Å². The molecule has 112 valence electrons. The van der Waals surface area contributed by atoms with Gasteiger partial charge in [-0.3, -0.25) is 0 Å². The van der Waals surface area contributed by atoms with Crippen molar-refractivity contribution >= 4 is 23.3 Å². The molecule has 1 N–H and O–H groups in total. The molecular formula is C13H20ClN3O3. The molecule has 0 saturated heterocycles. The first kappa shape index (κ1) is 16.7. The maximum atomic E-state index is 12.2. The van der Waals surface area contributed by atoms with Crippen molar-refractivity contribution in [2.45, 2.75) is 6.92 Å². The third-order valence-electron chi connectivity index (χ3n) is 2.68. The van der Waals surface area contributed by atoms with Gasteiger partial charge in [-0.2, -0.15) is 0 Å². The molecule has 1 heterocycles. The number of urea groups is 1. The van der Waals surface area contributed by atoms with Crippen molar-refractivity contribution in [3.8, 4) is 0 Å². The quantitative estimate of drug-likeness (QED) is 0.784. The number of carbonyl (C=O) groups excluding carboxylic acids is 1. The van der Waals surface area contributed by atoms with Crippen molar-refractivity contribution in [2.75, 3.05) is 45.8 Å². The van der Waals surface area contributed by atoms with Crippen LogP contribution >= 0.6 is 11.6 Å². The second-order valence-electron chi connectivity index (χ2n) is 4.23. The number of hydrogen-bond donors (Lipinski definition) is 1. The zero-order chi connectivity index (χ0) is 15.0. The number of aryl methyl sites for hydroxylation is 1. The lowest BCUT2D eigenvalue weighted by Gasteiger charge is -2.22. The third-order valence-corrected chi connectivity index (χ3v) is 3.08. The van der Waals surface area contributed by atoms with Crippen LogP contribution in [0.5, 0.6) is 0 Å². The Morgan fingerprint density at radius 2 is 1.95 bits per heavy atom. The standard InChI is InChI=1S/C13H20ClN3O3/c1-10-8-11(9-15-12(10)14)16-13(18)17(4-6-19-2)5-7-20-3/h8-9H,4-7H2,1-3H3,(H,16,18). The predicted molar refractivity (Wildman–Crippen MR) is 78.3 cm³/mol. The maximum Gasteiger partial charge on any atom is 0.322 e. The fourth-order valence-corrected chi connectivity index (χ4v) is 1.65. The van der Waals surface area contributed by atoms with Gasteiger partial charge in [-0.1, -0.05) is 11.6 Å². The first-order valence-electron chi connectivity index (χ1n) is 6.24. The van der Waals surface area contributed by atoms with Crippen molar-refractivity contribution in [3.63, 3.8) is 0 Å². The Morgan fingerprint density at radius 1 is 1.35 bits per heavy atom. The molecule has 0 unspecified atom stereocenters. The minimum atomic E-state index is -0.220. The van der Waals surface area contributed by atoms with Crippen LogP contribution in [0.15, 0.2) is 12.3 Å². The molecule has 6 nitrogen and oxygen atoms in total. The second kappa shape index (κ2) is 8.73. The summed E-state index contributed by atoms with van der Waals surface area (Å²) in [6.45, 7) is 3.75. The maximum absolute atomic E-state index is 12.2. The molecule has 0 saturated carbocycles. The smallest absolute Gasteiger partial charge is 0.322 e. The number of rotatable bonds is 7. The largest absolute Gasteiger partial charge is 0.383 e. The first-order valence-corrected chi connectivity index (χ1v) is 6.62. The lowest BCUT2D eigenvalue weighted by molar-refractivity contribution is 0.127. The molecule has 20 heavy (non-hydrogen) atoms. The van der Waals surface area contributed by atoms with Crippen LogP contribution in [0, 0.1) is 6.92 Å². The number of pyridine rings is 1. The molecule has 0 aromatic carbocycles. The number of aromatic nitrogens is 1. The lowest BCUT2D eigenvalue weighted by Crippen LogP contribution is -2.39. The molecule has 0 aliphatic carbocycles. The van der Waals surface area contributed by atoms with Gasteiger partial charge in [0.1, 0.15) is 5.15 Å². The number of methoxy groups -OCH3 is 2. The van der Waals surface area contributed by atoms with E-state index in [1.165, 1.54) is 6.20 Å². The summed E-state index contributed by atoms with van der Waals surface area (Å²) in [5.41, 5.74) is 1.42. The Balaban J connectivity index is 2.65. The topological polar surface area (TPSA) is 63.7 Å². The Hall–Kier alpha value is -1.37. The molecule has 7 heteroatoms. The van der Waals surface area contributed by atoms with Crippen molar-refractivity contribution in [1.29, 1.82) is 0 Å². The van der Waals surface area contributed by atoms with E-state index in [0.717, 1.165) is 5.56 Å². The molecule has 0 aliphatic heterocycles. The Bertz CT molecular complexity index is 435. The fraction of sp³-hybridized carbons (Fsp3) is 0.538. The van der Waals surface area contributed by atoms with Crippen molar-refractivity contribution in [3.05, 3.63) is 23.0 Å². The minimum Gasteiger partial charge on any atom is -0.383 e. The Labute approximate surface area is 124 Å². The van der Waals surface area contributed by atoms with Gasteiger partial charge in [0.05, 0.1) is 25.1 Å². The van der Waals surface area contributed by atoms with Gasteiger partial charge < -0.3 is 19.7 Å². The zero-order valence-electron chi connectivity index (χ0n) is 12.0. The molecule has 0 bridgehead atoms. The average Bonchev–Trinajstić information content (AvgIpc) is 2.43. The summed E-state index contributed by atoms with van der Waals surface area (Å²) in [5, 5.41) is 3.21. The number of halogens is 1. The SMILES string of the molecule is COCCN(CCOC)C(=O)Nc1cnc(Cl)c(C)c1. The minimum absolute atomic E-state index is 0.220. The van der Waals surface area contributed by atoms with Gasteiger partial charge >= 0.3 is 6.03 Å². The van der Waals surface area contributed by atoms with Crippen LogP contribution in [-0.4, -0.2) is 56.4 Å². The van der Waals surface area contributed by atoms with E-state index in [-0.39, 0.29) is 6.03 Å². The Kier molecular flexibility index (Phi) is 7.28. The van der Waals surface area contributed by atoms with E-state index >= 15 is 0 Å². The fourth-order valence-electron chi connectivity index (χ4n) is 1.55. The Morgan fingerprint density at radius 3 is 2.45 bits per heavy atom. The molecular weight excluding hydrogens is 282 g/mol. The number of nitrogens with zero attached hydrogens (tertiary/aromatic N) is 2. The monoisotopic (exact) mass is 301 g/mol. The van der Waals surface area contributed by atoms with Crippen LogP contribution < -0.4 is 5.32 Å². The highest BCUT2D eigenvalue weighted by molar-refractivity contribution is 6.30. The van der Waals surface area contributed by atoms with E-state index in [0.29, 0.717) is 37.1 Å². The number of nitrogens with one attached hydrogen (secondary N) is 1. The van der Waals surface area contributed by atoms with Gasteiger partial charge in [0.25, 0.3) is 0 Å². The number of ether oxygens (including phenoxy) is 2. The predicted octanol–water partition coefficient (Wildman–Crippen LogP) is 2.17. The highest BCUT2D eigenvalue weighted by Crippen LogP contribution is 2.16. The van der Waals surface area contributed by atoms with Gasteiger partial charge in [0, 0.05) is 27.3 Å². The summed E-state index contributed by atoms with van der Waals surface area (Å²) < 4.78 is 9.99. The molecule has 1 aromatic rings. The highest BCUT2D eigenvalue weighted by atomic mass is 35.5. The van der Waals surface area contributed by atoms with E-state index < -0.39 is 0 Å². The molecule has 0 atom stereocenters. The number of hydrogen-bond acceptors (Lipinski definition) is 4. The van der Waals surface area contributed by atoms with E-state index in [9.17, 15) is 4.79 Å². The van der Waals surface area contributed by atoms with Gasteiger partial charge in [0.15, 0.2) is 0 Å². The summed E-state index contributed by atoms with van der Waals surface area (Å²) in [6.07, 6.45) is 1.53. The molecule has 1 rings (SSSR count). The lowest BCUT2D eigenvalue weighted by atomic mass is 10.3. The summed E-state index contributed by atoms with van der Waals surface area (Å²) in [5.74, 6) is 0.